The normalized spacial score (nSPS) is 15.5. The molecule has 1 saturated heterocycles. The van der Waals surface area contributed by atoms with Gasteiger partial charge in [0.1, 0.15) is 11.9 Å². The van der Waals surface area contributed by atoms with E-state index in [1.54, 1.807) is 42.5 Å². The Bertz CT molecular complexity index is 981. The van der Waals surface area contributed by atoms with Gasteiger partial charge in [0.15, 0.2) is 0 Å². The molecule has 0 atom stereocenters. The largest absolute Gasteiger partial charge is 0.490 e. The van der Waals surface area contributed by atoms with Gasteiger partial charge in [0.05, 0.1) is 10.0 Å². The standard InChI is InChI=1S/C21H25Cl2N3O4S/c22-19-8-7-18(15-20(19)23)30-17-9-13-26(14-10-17)12-4-11-24-31(28,29)25-21(27)16-5-2-1-3-6-16/h1-3,5-8,15,17,24H,4,9-14H2,(H,25,27). The molecule has 31 heavy (non-hydrogen) atoms. The molecule has 1 aliphatic heterocycles. The molecule has 1 amide bonds. The molecule has 7 nitrogen and oxygen atoms in total. The molecule has 1 heterocycles. The number of nitrogens with one attached hydrogen (secondary N) is 2. The Balaban J connectivity index is 1.33. The zero-order chi connectivity index (χ0) is 22.3. The third-order valence-electron chi connectivity index (χ3n) is 4.93. The summed E-state index contributed by atoms with van der Waals surface area (Å²) in [6, 6.07) is 13.5. The molecule has 0 unspecified atom stereocenters. The zero-order valence-corrected chi connectivity index (χ0v) is 19.2. The molecule has 0 bridgehead atoms. The molecular formula is C21H25Cl2N3O4S. The van der Waals surface area contributed by atoms with Crippen molar-refractivity contribution in [2.45, 2.75) is 25.4 Å². The topological polar surface area (TPSA) is 87.7 Å². The summed E-state index contributed by atoms with van der Waals surface area (Å²) >= 11 is 12.0. The minimum absolute atomic E-state index is 0.111. The van der Waals surface area contributed by atoms with Crippen molar-refractivity contribution in [1.29, 1.82) is 0 Å². The van der Waals surface area contributed by atoms with E-state index in [1.807, 2.05) is 10.8 Å². The first kappa shape index (κ1) is 23.8. The van der Waals surface area contributed by atoms with Gasteiger partial charge < -0.3 is 9.64 Å². The van der Waals surface area contributed by atoms with E-state index in [0.29, 0.717) is 27.8 Å². The lowest BCUT2D eigenvalue weighted by Crippen LogP contribution is -2.42. The summed E-state index contributed by atoms with van der Waals surface area (Å²) in [5, 5.41) is 0.970. The third-order valence-corrected chi connectivity index (χ3v) is 6.71. The predicted octanol–water partition coefficient (Wildman–Crippen LogP) is 3.49. The van der Waals surface area contributed by atoms with Crippen LogP contribution in [0.15, 0.2) is 48.5 Å². The molecule has 0 saturated carbocycles. The van der Waals surface area contributed by atoms with Gasteiger partial charge in [-0.2, -0.15) is 13.1 Å². The lowest BCUT2D eigenvalue weighted by Gasteiger charge is -2.32. The fourth-order valence-corrected chi connectivity index (χ4v) is 4.44. The first-order valence-electron chi connectivity index (χ1n) is 10.0. The summed E-state index contributed by atoms with van der Waals surface area (Å²) in [7, 11) is -3.89. The molecule has 3 rings (SSSR count). The summed E-state index contributed by atoms with van der Waals surface area (Å²) in [4.78, 5) is 14.2. The number of hydrogen-bond acceptors (Lipinski definition) is 5. The number of hydrogen-bond donors (Lipinski definition) is 2. The summed E-state index contributed by atoms with van der Waals surface area (Å²) in [5.41, 5.74) is 0.291. The van der Waals surface area contributed by atoms with E-state index in [4.69, 9.17) is 27.9 Å². The van der Waals surface area contributed by atoms with E-state index in [-0.39, 0.29) is 12.6 Å². The van der Waals surface area contributed by atoms with Gasteiger partial charge in [-0.05, 0) is 50.1 Å². The number of halogens is 2. The van der Waals surface area contributed by atoms with Crippen molar-refractivity contribution in [2.24, 2.45) is 0 Å². The molecule has 2 aromatic carbocycles. The van der Waals surface area contributed by atoms with Crippen molar-refractivity contribution in [3.05, 3.63) is 64.1 Å². The lowest BCUT2D eigenvalue weighted by atomic mass is 10.1. The van der Waals surface area contributed by atoms with Gasteiger partial charge in [-0.1, -0.05) is 41.4 Å². The number of piperidine rings is 1. The zero-order valence-electron chi connectivity index (χ0n) is 16.9. The fourth-order valence-electron chi connectivity index (χ4n) is 3.31. The molecule has 1 aliphatic rings. The second kappa shape index (κ2) is 11.2. The average molecular weight is 486 g/mol. The van der Waals surface area contributed by atoms with E-state index >= 15 is 0 Å². The Morgan fingerprint density at radius 3 is 2.45 bits per heavy atom. The van der Waals surface area contributed by atoms with Gasteiger partial charge in [-0.3, -0.25) is 4.79 Å². The van der Waals surface area contributed by atoms with E-state index < -0.39 is 16.1 Å². The van der Waals surface area contributed by atoms with Gasteiger partial charge in [0, 0.05) is 31.3 Å². The third kappa shape index (κ3) is 7.66. The van der Waals surface area contributed by atoms with Crippen molar-refractivity contribution < 1.29 is 17.9 Å². The summed E-state index contributed by atoms with van der Waals surface area (Å²) in [6.07, 6.45) is 2.50. The van der Waals surface area contributed by atoms with Crippen LogP contribution in [0.2, 0.25) is 10.0 Å². The minimum Gasteiger partial charge on any atom is -0.490 e. The molecule has 0 aliphatic carbocycles. The minimum atomic E-state index is -3.89. The number of ether oxygens (including phenoxy) is 1. The molecule has 10 heteroatoms. The van der Waals surface area contributed by atoms with Crippen molar-refractivity contribution in [2.75, 3.05) is 26.2 Å². The van der Waals surface area contributed by atoms with Crippen LogP contribution >= 0.6 is 23.2 Å². The highest BCUT2D eigenvalue weighted by Crippen LogP contribution is 2.28. The predicted molar refractivity (Wildman–Crippen MR) is 122 cm³/mol. The Labute approximate surface area is 192 Å². The molecule has 0 spiro atoms. The van der Waals surface area contributed by atoms with Crippen LogP contribution < -0.4 is 14.2 Å². The molecule has 0 aromatic heterocycles. The van der Waals surface area contributed by atoms with Crippen LogP contribution in [0.4, 0.5) is 0 Å². The second-order valence-corrected chi connectivity index (χ2v) is 9.60. The molecule has 1 fully saturated rings. The number of rotatable bonds is 9. The Kier molecular flexibility index (Phi) is 8.57. The van der Waals surface area contributed by atoms with Crippen molar-refractivity contribution in [3.63, 3.8) is 0 Å². The number of amides is 1. The molecule has 2 aromatic rings. The number of carbonyl (C=O) groups is 1. The first-order chi connectivity index (χ1) is 14.8. The van der Waals surface area contributed by atoms with Gasteiger partial charge in [0.2, 0.25) is 0 Å². The maximum absolute atomic E-state index is 12.0. The van der Waals surface area contributed by atoms with Crippen LogP contribution in [0.3, 0.4) is 0 Å². The maximum Gasteiger partial charge on any atom is 0.301 e. The average Bonchev–Trinajstić information content (AvgIpc) is 2.75. The number of carbonyl (C=O) groups excluding carboxylic acids is 1. The van der Waals surface area contributed by atoms with Crippen LogP contribution in [0.1, 0.15) is 29.6 Å². The van der Waals surface area contributed by atoms with Crippen LogP contribution in [-0.4, -0.2) is 51.5 Å². The van der Waals surface area contributed by atoms with Gasteiger partial charge in [-0.15, -0.1) is 0 Å². The number of likely N-dealkylation sites (tertiary alicyclic amines) is 1. The van der Waals surface area contributed by atoms with Crippen molar-refractivity contribution in [3.8, 4) is 5.75 Å². The van der Waals surface area contributed by atoms with E-state index in [1.165, 1.54) is 0 Å². The summed E-state index contributed by atoms with van der Waals surface area (Å²) < 4.78 is 34.5. The highest BCUT2D eigenvalue weighted by atomic mass is 35.5. The van der Waals surface area contributed by atoms with Gasteiger partial charge >= 0.3 is 10.2 Å². The van der Waals surface area contributed by atoms with Crippen LogP contribution in [0.25, 0.3) is 0 Å². The van der Waals surface area contributed by atoms with Crippen LogP contribution in [-0.2, 0) is 10.2 Å². The Hall–Kier alpha value is -1.84. The summed E-state index contributed by atoms with van der Waals surface area (Å²) in [5.74, 6) is 0.0527. The quantitative estimate of drug-likeness (QED) is 0.530. The number of nitrogens with zero attached hydrogens (tertiary/aromatic N) is 1. The van der Waals surface area contributed by atoms with Gasteiger partial charge in [-0.25, -0.2) is 4.72 Å². The summed E-state index contributed by atoms with van der Waals surface area (Å²) in [6.45, 7) is 2.73. The highest BCUT2D eigenvalue weighted by molar-refractivity contribution is 7.88. The van der Waals surface area contributed by atoms with E-state index in [9.17, 15) is 13.2 Å². The second-order valence-electron chi connectivity index (χ2n) is 7.28. The molecule has 168 valence electrons. The molecular weight excluding hydrogens is 461 g/mol. The lowest BCUT2D eigenvalue weighted by molar-refractivity contribution is 0.0981. The fraction of sp³-hybridized carbons (Fsp3) is 0.381. The first-order valence-corrected chi connectivity index (χ1v) is 12.3. The smallest absolute Gasteiger partial charge is 0.301 e. The molecule has 2 N–H and O–H groups in total. The van der Waals surface area contributed by atoms with Crippen LogP contribution in [0, 0.1) is 0 Å². The van der Waals surface area contributed by atoms with Crippen molar-refractivity contribution >= 4 is 39.3 Å². The van der Waals surface area contributed by atoms with E-state index in [2.05, 4.69) is 9.62 Å². The molecule has 0 radical (unpaired) electrons. The maximum atomic E-state index is 12.0. The monoisotopic (exact) mass is 485 g/mol. The van der Waals surface area contributed by atoms with E-state index in [0.717, 1.165) is 32.5 Å². The highest BCUT2D eigenvalue weighted by Gasteiger charge is 2.21. The Morgan fingerprint density at radius 1 is 1.06 bits per heavy atom. The Morgan fingerprint density at radius 2 is 1.77 bits per heavy atom. The number of benzene rings is 2. The van der Waals surface area contributed by atoms with Gasteiger partial charge in [0.25, 0.3) is 5.91 Å². The van der Waals surface area contributed by atoms with Crippen LogP contribution in [0.5, 0.6) is 5.75 Å². The SMILES string of the molecule is O=C(NS(=O)(=O)NCCCN1CCC(Oc2ccc(Cl)c(Cl)c2)CC1)c1ccccc1. The van der Waals surface area contributed by atoms with Crippen molar-refractivity contribution in [1.82, 2.24) is 14.3 Å².